The van der Waals surface area contributed by atoms with Crippen molar-refractivity contribution < 1.29 is 33.2 Å². The number of benzene rings is 4. The smallest absolute Gasteiger partial charge is 0.259 e. The zero-order chi connectivity index (χ0) is 46.1. The summed E-state index contributed by atoms with van der Waals surface area (Å²) in [5.41, 5.74) is 2.32. The SMILES string of the molecule is CCCCCCCCCCCCCCCCN(C(=O)c1ccccc1)c1ncnc2c1ncn2[C@@H]1O[C@H](COC(c2ccccc2)(c2ccc(OC)cc2)c2ccc(OC)cc2)C(O)C1F. The summed E-state index contributed by atoms with van der Waals surface area (Å²) in [6.45, 7) is 2.51. The Kier molecular flexibility index (Phi) is 17.7. The van der Waals surface area contributed by atoms with Gasteiger partial charge in [-0.2, -0.15) is 0 Å². The van der Waals surface area contributed by atoms with Gasteiger partial charge < -0.3 is 24.1 Å². The highest BCUT2D eigenvalue weighted by Crippen LogP contribution is 2.43. The molecule has 0 aliphatic carbocycles. The summed E-state index contributed by atoms with van der Waals surface area (Å²) < 4.78 is 42.3. The van der Waals surface area contributed by atoms with Gasteiger partial charge in [-0.15, -0.1) is 0 Å². The maximum absolute atomic E-state index is 16.5. The lowest BCUT2D eigenvalue weighted by atomic mass is 9.80. The molecule has 350 valence electrons. The van der Waals surface area contributed by atoms with E-state index in [2.05, 4.69) is 21.9 Å². The van der Waals surface area contributed by atoms with Crippen molar-refractivity contribution in [3.63, 3.8) is 0 Å². The topological polar surface area (TPSA) is 121 Å². The Labute approximate surface area is 389 Å². The highest BCUT2D eigenvalue weighted by atomic mass is 19.1. The summed E-state index contributed by atoms with van der Waals surface area (Å²) >= 11 is 0. The number of nitrogens with zero attached hydrogens (tertiary/aromatic N) is 5. The van der Waals surface area contributed by atoms with Crippen LogP contribution in [0, 0.1) is 0 Å². The number of imidazole rings is 1. The molecule has 3 heterocycles. The Bertz CT molecular complexity index is 2320. The van der Waals surface area contributed by atoms with Crippen molar-refractivity contribution in [3.05, 3.63) is 144 Å². The molecule has 1 fully saturated rings. The predicted octanol–water partition coefficient (Wildman–Crippen LogP) is 11.6. The van der Waals surface area contributed by atoms with E-state index in [1.54, 1.807) is 31.3 Å². The molecule has 0 spiro atoms. The number of halogens is 1. The molecule has 0 saturated carbocycles. The van der Waals surface area contributed by atoms with Crippen molar-refractivity contribution in [3.8, 4) is 11.5 Å². The monoisotopic (exact) mass is 899 g/mol. The minimum atomic E-state index is -1.86. The minimum Gasteiger partial charge on any atom is -0.497 e. The number of aliphatic hydroxyl groups excluding tert-OH is 1. The van der Waals surface area contributed by atoms with Crippen molar-refractivity contribution >= 4 is 22.9 Å². The van der Waals surface area contributed by atoms with E-state index < -0.39 is 30.2 Å². The molecule has 4 atom stereocenters. The number of hydrogen-bond donors (Lipinski definition) is 1. The number of carbonyl (C=O) groups is 1. The van der Waals surface area contributed by atoms with E-state index >= 15 is 4.39 Å². The Morgan fingerprint density at radius 2 is 1.21 bits per heavy atom. The highest BCUT2D eigenvalue weighted by molar-refractivity contribution is 6.08. The second kappa shape index (κ2) is 24.2. The van der Waals surface area contributed by atoms with Gasteiger partial charge in [0.15, 0.2) is 29.4 Å². The quantitative estimate of drug-likeness (QED) is 0.0419. The number of methoxy groups -OCH3 is 2. The van der Waals surface area contributed by atoms with E-state index in [0.717, 1.165) is 36.0 Å². The number of unbranched alkanes of at least 4 members (excludes halogenated alkanes) is 13. The molecular weight excluding hydrogens is 834 g/mol. The van der Waals surface area contributed by atoms with Gasteiger partial charge in [-0.25, -0.2) is 19.3 Å². The van der Waals surface area contributed by atoms with Gasteiger partial charge in [0.1, 0.15) is 35.6 Å². The molecule has 2 aromatic heterocycles. The second-order valence-electron chi connectivity index (χ2n) is 17.3. The molecule has 1 saturated heterocycles. The molecule has 12 heteroatoms. The van der Waals surface area contributed by atoms with Crippen molar-refractivity contribution in [2.75, 3.05) is 32.3 Å². The van der Waals surface area contributed by atoms with E-state index in [9.17, 15) is 9.90 Å². The molecular formula is C54H66FN5O6. The number of hydrogen-bond acceptors (Lipinski definition) is 9. The molecule has 6 aromatic rings. The number of ether oxygens (including phenoxy) is 4. The average molecular weight is 900 g/mol. The van der Waals surface area contributed by atoms with Crippen molar-refractivity contribution in [1.82, 2.24) is 19.5 Å². The summed E-state index contributed by atoms with van der Waals surface area (Å²) in [6.07, 6.45) is 14.2. The van der Waals surface area contributed by atoms with Gasteiger partial charge in [-0.3, -0.25) is 14.3 Å². The molecule has 1 amide bonds. The van der Waals surface area contributed by atoms with Gasteiger partial charge in [0.25, 0.3) is 5.91 Å². The lowest BCUT2D eigenvalue weighted by Crippen LogP contribution is -2.39. The Morgan fingerprint density at radius 3 is 1.76 bits per heavy atom. The van der Waals surface area contributed by atoms with Crippen LogP contribution in [-0.2, 0) is 15.1 Å². The zero-order valence-electron chi connectivity index (χ0n) is 38.8. The Morgan fingerprint density at radius 1 is 0.697 bits per heavy atom. The van der Waals surface area contributed by atoms with Crippen LogP contribution in [-0.4, -0.2) is 76.3 Å². The highest BCUT2D eigenvalue weighted by Gasteiger charge is 2.48. The van der Waals surface area contributed by atoms with Crippen LogP contribution in [0.1, 0.15) is 130 Å². The largest absolute Gasteiger partial charge is 0.497 e. The number of carbonyl (C=O) groups excluding carboxylic acids is 1. The van der Waals surface area contributed by atoms with Gasteiger partial charge in [0.05, 0.1) is 27.2 Å². The van der Waals surface area contributed by atoms with Gasteiger partial charge >= 0.3 is 0 Å². The predicted molar refractivity (Wildman–Crippen MR) is 257 cm³/mol. The van der Waals surface area contributed by atoms with Crippen molar-refractivity contribution in [1.29, 1.82) is 0 Å². The maximum atomic E-state index is 16.5. The first kappa shape index (κ1) is 48.2. The first-order chi connectivity index (χ1) is 32.4. The number of anilines is 1. The lowest BCUT2D eigenvalue weighted by molar-refractivity contribution is -0.0935. The second-order valence-corrected chi connectivity index (χ2v) is 17.3. The Balaban J connectivity index is 1.07. The van der Waals surface area contributed by atoms with Crippen LogP contribution < -0.4 is 14.4 Å². The van der Waals surface area contributed by atoms with Crippen LogP contribution in [0.4, 0.5) is 10.2 Å². The first-order valence-electron chi connectivity index (χ1n) is 23.9. The number of aromatic nitrogens is 4. The van der Waals surface area contributed by atoms with Crippen LogP contribution in [0.5, 0.6) is 11.5 Å². The molecule has 1 aliphatic heterocycles. The third kappa shape index (κ3) is 11.5. The van der Waals surface area contributed by atoms with Crippen LogP contribution in [0.15, 0.2) is 122 Å². The van der Waals surface area contributed by atoms with Gasteiger partial charge in [0.2, 0.25) is 0 Å². The van der Waals surface area contributed by atoms with Gasteiger partial charge in [0, 0.05) is 12.1 Å². The first-order valence-corrected chi connectivity index (χ1v) is 23.9. The van der Waals surface area contributed by atoms with Crippen molar-refractivity contribution in [2.45, 2.75) is 127 Å². The minimum absolute atomic E-state index is 0.184. The van der Waals surface area contributed by atoms with Gasteiger partial charge in [-0.1, -0.05) is 163 Å². The molecule has 0 bridgehead atoms. The third-order valence-electron chi connectivity index (χ3n) is 12.8. The van der Waals surface area contributed by atoms with Crippen LogP contribution >= 0.6 is 0 Å². The lowest BCUT2D eigenvalue weighted by Gasteiger charge is -2.37. The summed E-state index contributed by atoms with van der Waals surface area (Å²) in [7, 11) is 3.22. The standard InChI is InChI=1S/C54H66FN5O6/c1-4-5-6-7-8-9-10-11-12-13-14-15-16-23-36-59(52(62)40-24-19-17-20-25-40)50-48-51(57-38-56-50)60(39-58-48)53-47(55)49(61)46(66-53)37-65-54(41-26-21-18-22-27-41,42-28-32-44(63-2)33-29-42)43-30-34-45(64-3)35-31-43/h17-22,24-35,38-39,46-47,49,53,61H,4-16,23,36-37H2,1-3H3/t46-,47?,49?,53-/m1/s1. The zero-order valence-corrected chi connectivity index (χ0v) is 38.8. The Hall–Kier alpha value is -5.69. The summed E-state index contributed by atoms with van der Waals surface area (Å²) in [5.74, 6) is 1.48. The maximum Gasteiger partial charge on any atom is 0.259 e. The fourth-order valence-corrected chi connectivity index (χ4v) is 9.07. The van der Waals surface area contributed by atoms with E-state index in [1.807, 2.05) is 97.1 Å². The molecule has 4 aromatic carbocycles. The normalized spacial score (nSPS) is 17.3. The van der Waals surface area contributed by atoms with Crippen molar-refractivity contribution in [2.24, 2.45) is 0 Å². The molecule has 11 nitrogen and oxygen atoms in total. The third-order valence-corrected chi connectivity index (χ3v) is 12.8. The fourth-order valence-electron chi connectivity index (χ4n) is 9.07. The van der Waals surface area contributed by atoms with E-state index in [-0.39, 0.29) is 18.2 Å². The molecule has 7 rings (SSSR count). The number of alkyl halides is 1. The average Bonchev–Trinajstić information content (AvgIpc) is 3.93. The molecule has 1 aliphatic rings. The summed E-state index contributed by atoms with van der Waals surface area (Å²) in [4.78, 5) is 29.6. The molecule has 66 heavy (non-hydrogen) atoms. The number of fused-ring (bicyclic) bond motifs is 1. The molecule has 1 N–H and O–H groups in total. The van der Waals surface area contributed by atoms with E-state index in [1.165, 1.54) is 87.9 Å². The number of aliphatic hydroxyl groups is 1. The number of amides is 1. The summed E-state index contributed by atoms with van der Waals surface area (Å²) in [6, 6.07) is 34.1. The number of rotatable bonds is 26. The molecule has 0 radical (unpaired) electrons. The fraction of sp³-hybridized carbons (Fsp3) is 0.444. The van der Waals surface area contributed by atoms with E-state index in [0.29, 0.717) is 34.9 Å². The van der Waals surface area contributed by atoms with E-state index in [4.69, 9.17) is 18.9 Å². The summed E-state index contributed by atoms with van der Waals surface area (Å²) in [5, 5.41) is 11.5. The van der Waals surface area contributed by atoms with Crippen LogP contribution in [0.3, 0.4) is 0 Å². The van der Waals surface area contributed by atoms with Gasteiger partial charge in [-0.05, 0) is 59.5 Å². The van der Waals surface area contributed by atoms with Crippen LogP contribution in [0.25, 0.3) is 11.2 Å². The molecule has 2 unspecified atom stereocenters. The van der Waals surface area contributed by atoms with Crippen LogP contribution in [0.2, 0.25) is 0 Å².